The van der Waals surface area contributed by atoms with Crippen molar-refractivity contribution in [3.05, 3.63) is 65.5 Å². The second kappa shape index (κ2) is 10.5. The third-order valence-corrected chi connectivity index (χ3v) is 6.12. The van der Waals surface area contributed by atoms with Crippen LogP contribution < -0.4 is 9.62 Å². The van der Waals surface area contributed by atoms with E-state index in [1.807, 2.05) is 42.2 Å². The van der Waals surface area contributed by atoms with Gasteiger partial charge in [0.25, 0.3) is 5.95 Å². The van der Waals surface area contributed by atoms with Crippen molar-refractivity contribution in [1.29, 1.82) is 10.5 Å². The number of imidazole rings is 1. The monoisotopic (exact) mass is 516 g/mol. The van der Waals surface area contributed by atoms with E-state index in [4.69, 9.17) is 10.5 Å². The number of hydrogen-bond acceptors (Lipinski definition) is 8. The van der Waals surface area contributed by atoms with Crippen LogP contribution in [-0.2, 0) is 23.6 Å². The van der Waals surface area contributed by atoms with Crippen LogP contribution in [0.1, 0.15) is 23.9 Å². The number of azo groups is 1. The molecule has 0 amide bonds. The lowest BCUT2D eigenvalue weighted by molar-refractivity contribution is -0.0429. The molecule has 0 aliphatic heterocycles. The van der Waals surface area contributed by atoms with Gasteiger partial charge in [-0.05, 0) is 30.7 Å². The van der Waals surface area contributed by atoms with Gasteiger partial charge in [0.05, 0.1) is 5.69 Å². The summed E-state index contributed by atoms with van der Waals surface area (Å²) in [7, 11) is -4.36. The highest BCUT2D eigenvalue weighted by molar-refractivity contribution is 7.93. The first-order valence-electron chi connectivity index (χ1n) is 10.3. The zero-order valence-corrected chi connectivity index (χ0v) is 19.8. The Morgan fingerprint density at radius 3 is 2.36 bits per heavy atom. The molecule has 36 heavy (non-hydrogen) atoms. The number of halogens is 3. The summed E-state index contributed by atoms with van der Waals surface area (Å²) in [5, 5.41) is 25.9. The zero-order chi connectivity index (χ0) is 26.5. The predicted molar refractivity (Wildman–Crippen MR) is 125 cm³/mol. The van der Waals surface area contributed by atoms with Gasteiger partial charge in [-0.2, -0.15) is 37.1 Å². The minimum Gasteiger partial charge on any atom is -0.367 e. The van der Waals surface area contributed by atoms with Crippen LogP contribution in [0, 0.1) is 22.7 Å². The van der Waals surface area contributed by atoms with Gasteiger partial charge >= 0.3 is 15.5 Å². The van der Waals surface area contributed by atoms with Gasteiger partial charge in [0.2, 0.25) is 0 Å². The molecular formula is C22H19F3N8O2S. The van der Waals surface area contributed by atoms with E-state index in [0.717, 1.165) is 5.56 Å². The maximum atomic E-state index is 13.1. The molecule has 0 spiro atoms. The molecule has 14 heteroatoms. The third-order valence-electron chi connectivity index (χ3n) is 5.02. The van der Waals surface area contributed by atoms with Crippen molar-refractivity contribution in [1.82, 2.24) is 9.55 Å². The van der Waals surface area contributed by atoms with Crippen molar-refractivity contribution in [2.24, 2.45) is 17.3 Å². The number of sulfonamides is 1. The van der Waals surface area contributed by atoms with Crippen LogP contribution in [0.5, 0.6) is 0 Å². The molecule has 1 N–H and O–H groups in total. The summed E-state index contributed by atoms with van der Waals surface area (Å²) in [5.41, 5.74) is -5.17. The van der Waals surface area contributed by atoms with E-state index in [-0.39, 0.29) is 23.0 Å². The number of anilines is 2. The van der Waals surface area contributed by atoms with Crippen LogP contribution >= 0.6 is 0 Å². The first-order valence-corrected chi connectivity index (χ1v) is 11.8. The fourth-order valence-corrected chi connectivity index (χ4v) is 3.73. The van der Waals surface area contributed by atoms with E-state index in [2.05, 4.69) is 15.2 Å². The summed E-state index contributed by atoms with van der Waals surface area (Å²) in [4.78, 5) is 5.69. The van der Waals surface area contributed by atoms with Crippen molar-refractivity contribution < 1.29 is 21.6 Å². The first kappa shape index (κ1) is 26.2. The lowest BCUT2D eigenvalue weighted by Gasteiger charge is -2.24. The Kier molecular flexibility index (Phi) is 7.60. The molecule has 0 bridgehead atoms. The second-order valence-corrected chi connectivity index (χ2v) is 9.02. The summed E-state index contributed by atoms with van der Waals surface area (Å²) >= 11 is 0. The number of nitrogens with zero attached hydrogens (tertiary/aromatic N) is 7. The SMILES string of the molecule is CCN(Cc1ccccc1)c1ccc(N=Nc2nc(C#N)c(C#N)n2C)c(NS(=O)(=O)C(F)(F)F)c1. The summed E-state index contributed by atoms with van der Waals surface area (Å²) in [6.45, 7) is 2.74. The molecular weight excluding hydrogens is 497 g/mol. The number of benzene rings is 2. The normalized spacial score (nSPS) is 11.8. The molecule has 0 saturated carbocycles. The summed E-state index contributed by atoms with van der Waals surface area (Å²) in [6.07, 6.45) is 0. The molecule has 0 atom stereocenters. The number of nitrogens with one attached hydrogen (secondary N) is 1. The smallest absolute Gasteiger partial charge is 0.367 e. The molecule has 1 heterocycles. The zero-order valence-electron chi connectivity index (χ0n) is 19.0. The van der Waals surface area contributed by atoms with Crippen LogP contribution in [0.3, 0.4) is 0 Å². The van der Waals surface area contributed by atoms with E-state index in [9.17, 15) is 21.6 Å². The predicted octanol–water partition coefficient (Wildman–Crippen LogP) is 4.87. The quantitative estimate of drug-likeness (QED) is 0.424. The van der Waals surface area contributed by atoms with E-state index < -0.39 is 21.2 Å². The highest BCUT2D eigenvalue weighted by Gasteiger charge is 2.46. The number of rotatable bonds is 8. The number of alkyl halides is 3. The largest absolute Gasteiger partial charge is 0.516 e. The fraction of sp³-hybridized carbons (Fsp3) is 0.227. The van der Waals surface area contributed by atoms with E-state index in [0.29, 0.717) is 18.8 Å². The van der Waals surface area contributed by atoms with Gasteiger partial charge in [-0.25, -0.2) is 0 Å². The molecule has 186 valence electrons. The molecule has 1 aromatic heterocycles. The van der Waals surface area contributed by atoms with Gasteiger partial charge in [0, 0.05) is 25.8 Å². The Morgan fingerprint density at radius 2 is 1.81 bits per heavy atom. The van der Waals surface area contributed by atoms with Crippen LogP contribution in [0.4, 0.5) is 36.2 Å². The molecule has 0 radical (unpaired) electrons. The van der Waals surface area contributed by atoms with Gasteiger partial charge in [0.1, 0.15) is 17.8 Å². The molecule has 2 aromatic carbocycles. The highest BCUT2D eigenvalue weighted by Crippen LogP contribution is 2.35. The molecule has 3 aromatic rings. The Labute approximate surface area is 205 Å². The highest BCUT2D eigenvalue weighted by atomic mass is 32.2. The topological polar surface area (TPSA) is 140 Å². The minimum absolute atomic E-state index is 0.0840. The molecule has 0 unspecified atom stereocenters. The Balaban J connectivity index is 2.05. The van der Waals surface area contributed by atoms with Gasteiger partial charge in [-0.15, -0.1) is 10.2 Å². The van der Waals surface area contributed by atoms with E-state index in [1.54, 1.807) is 18.2 Å². The summed E-state index contributed by atoms with van der Waals surface area (Å²) in [5.74, 6) is -0.170. The van der Waals surface area contributed by atoms with E-state index in [1.165, 1.54) is 28.5 Å². The van der Waals surface area contributed by atoms with Crippen molar-refractivity contribution in [3.8, 4) is 12.1 Å². The minimum atomic E-state index is -5.76. The number of nitriles is 2. The maximum Gasteiger partial charge on any atom is 0.516 e. The van der Waals surface area contributed by atoms with Crippen LogP contribution in [0.15, 0.2) is 58.8 Å². The van der Waals surface area contributed by atoms with Crippen molar-refractivity contribution in [3.63, 3.8) is 0 Å². The average molecular weight is 517 g/mol. The first-order chi connectivity index (χ1) is 17.0. The maximum absolute atomic E-state index is 13.1. The molecule has 0 aliphatic carbocycles. The molecule has 0 fully saturated rings. The summed E-state index contributed by atoms with van der Waals surface area (Å²) < 4.78 is 65.7. The van der Waals surface area contributed by atoms with Gasteiger partial charge in [-0.3, -0.25) is 4.72 Å². The van der Waals surface area contributed by atoms with Crippen LogP contribution in [0.25, 0.3) is 0 Å². The van der Waals surface area contributed by atoms with Crippen molar-refractivity contribution >= 4 is 33.0 Å². The van der Waals surface area contributed by atoms with Gasteiger partial charge in [-0.1, -0.05) is 30.3 Å². The van der Waals surface area contributed by atoms with Crippen LogP contribution in [-0.4, -0.2) is 30.0 Å². The van der Waals surface area contributed by atoms with Gasteiger partial charge in [0.15, 0.2) is 11.4 Å². The Morgan fingerprint density at radius 1 is 1.11 bits per heavy atom. The second-order valence-electron chi connectivity index (χ2n) is 7.34. The van der Waals surface area contributed by atoms with Crippen molar-refractivity contribution in [2.75, 3.05) is 16.2 Å². The average Bonchev–Trinajstić information content (AvgIpc) is 3.15. The van der Waals surface area contributed by atoms with Crippen LogP contribution in [0.2, 0.25) is 0 Å². The standard InChI is InChI=1S/C22H19F3N8O2S/c1-3-33(14-15-7-5-4-6-8-15)16-9-10-17(18(11-16)31-36(34,35)22(23,24)25)29-30-21-28-19(12-26)20(13-27)32(21)2/h4-11,31H,3,14H2,1-2H3. The number of hydrogen-bond donors (Lipinski definition) is 1. The number of aromatic nitrogens is 2. The Bertz CT molecular complexity index is 1470. The lowest BCUT2D eigenvalue weighted by atomic mass is 10.2. The molecule has 0 saturated heterocycles. The molecule has 10 nitrogen and oxygen atoms in total. The van der Waals surface area contributed by atoms with Gasteiger partial charge < -0.3 is 9.47 Å². The third kappa shape index (κ3) is 5.61. The van der Waals surface area contributed by atoms with Crippen molar-refractivity contribution in [2.45, 2.75) is 19.0 Å². The molecule has 0 aliphatic rings. The Hall–Kier alpha value is -4.43. The molecule has 3 rings (SSSR count). The lowest BCUT2D eigenvalue weighted by Crippen LogP contribution is -2.30. The fourth-order valence-electron chi connectivity index (χ4n) is 3.16. The van der Waals surface area contributed by atoms with E-state index >= 15 is 0 Å². The summed E-state index contributed by atoms with van der Waals surface area (Å²) in [6, 6.07) is 16.9.